The van der Waals surface area contributed by atoms with Gasteiger partial charge in [-0.25, -0.2) is 0 Å². The molecule has 0 bridgehead atoms. The first kappa shape index (κ1) is 15.1. The van der Waals surface area contributed by atoms with Crippen molar-refractivity contribution in [3.05, 3.63) is 53.6 Å². The molecule has 2 amide bonds. The van der Waals surface area contributed by atoms with Crippen LogP contribution in [0.15, 0.2) is 42.5 Å². The molecule has 0 fully saturated rings. The Morgan fingerprint density at radius 3 is 2.78 bits per heavy atom. The van der Waals surface area contributed by atoms with Crippen molar-refractivity contribution in [3.8, 4) is 5.75 Å². The van der Waals surface area contributed by atoms with Crippen molar-refractivity contribution in [3.63, 3.8) is 0 Å². The Morgan fingerprint density at radius 1 is 1.26 bits per heavy atom. The molecule has 0 spiro atoms. The minimum atomic E-state index is -0.253. The fourth-order valence-corrected chi connectivity index (χ4v) is 2.66. The Balaban J connectivity index is 2.01. The van der Waals surface area contributed by atoms with Crippen LogP contribution in [0.2, 0.25) is 0 Å². The maximum absolute atomic E-state index is 13.0. The summed E-state index contributed by atoms with van der Waals surface area (Å²) in [6.45, 7) is 4.41. The number of anilines is 2. The van der Waals surface area contributed by atoms with E-state index in [9.17, 15) is 9.59 Å². The van der Waals surface area contributed by atoms with Gasteiger partial charge >= 0.3 is 0 Å². The summed E-state index contributed by atoms with van der Waals surface area (Å²) in [6.07, 6.45) is 0. The van der Waals surface area contributed by atoms with Gasteiger partial charge in [0.15, 0.2) is 6.61 Å². The molecule has 1 aliphatic rings. The van der Waals surface area contributed by atoms with Gasteiger partial charge in [-0.2, -0.15) is 0 Å². The van der Waals surface area contributed by atoms with Crippen LogP contribution >= 0.6 is 0 Å². The quantitative estimate of drug-likeness (QED) is 0.948. The third kappa shape index (κ3) is 2.90. The molecular formula is C18H18N2O3. The van der Waals surface area contributed by atoms with Crippen molar-refractivity contribution in [1.29, 1.82) is 0 Å². The Kier molecular flexibility index (Phi) is 4.02. The highest BCUT2D eigenvalue weighted by atomic mass is 16.5. The zero-order chi connectivity index (χ0) is 16.4. The molecule has 5 nitrogen and oxygen atoms in total. The van der Waals surface area contributed by atoms with Gasteiger partial charge in [-0.1, -0.05) is 18.2 Å². The standard InChI is InChI=1S/C18H18N2O3/c1-3-20(13-7-4-6-12(2)10-13)18(22)14-8-5-9-15-17(14)19-16(21)11-23-15/h4-10H,3,11H2,1-2H3,(H,19,21). The van der Waals surface area contributed by atoms with E-state index in [0.29, 0.717) is 23.5 Å². The molecule has 0 atom stereocenters. The summed E-state index contributed by atoms with van der Waals surface area (Å²) in [5, 5.41) is 2.74. The van der Waals surface area contributed by atoms with Gasteiger partial charge in [0, 0.05) is 12.2 Å². The molecular weight excluding hydrogens is 292 g/mol. The van der Waals surface area contributed by atoms with Crippen LogP contribution in [0.5, 0.6) is 5.75 Å². The molecule has 1 N–H and O–H groups in total. The molecule has 2 aromatic carbocycles. The minimum absolute atomic E-state index is 0.0278. The van der Waals surface area contributed by atoms with Crippen molar-refractivity contribution < 1.29 is 14.3 Å². The second-order valence-corrected chi connectivity index (χ2v) is 5.40. The van der Waals surface area contributed by atoms with Crippen LogP contribution in [0.25, 0.3) is 0 Å². The summed E-state index contributed by atoms with van der Waals surface area (Å²) < 4.78 is 5.38. The highest BCUT2D eigenvalue weighted by Crippen LogP contribution is 2.32. The zero-order valence-corrected chi connectivity index (χ0v) is 13.1. The van der Waals surface area contributed by atoms with Crippen LogP contribution < -0.4 is 15.0 Å². The lowest BCUT2D eigenvalue weighted by Crippen LogP contribution is -2.33. The summed E-state index contributed by atoms with van der Waals surface area (Å²) in [6, 6.07) is 13.0. The molecule has 0 unspecified atom stereocenters. The molecule has 5 heteroatoms. The largest absolute Gasteiger partial charge is 0.482 e. The lowest BCUT2D eigenvalue weighted by Gasteiger charge is -2.25. The minimum Gasteiger partial charge on any atom is -0.482 e. The van der Waals surface area contributed by atoms with Gasteiger partial charge in [0.05, 0.1) is 11.3 Å². The molecule has 23 heavy (non-hydrogen) atoms. The molecule has 0 aliphatic carbocycles. The number of nitrogens with zero attached hydrogens (tertiary/aromatic N) is 1. The molecule has 0 radical (unpaired) electrons. The van der Waals surface area contributed by atoms with E-state index in [4.69, 9.17) is 4.74 Å². The first-order chi connectivity index (χ1) is 11.1. The van der Waals surface area contributed by atoms with Gasteiger partial charge in [-0.3, -0.25) is 9.59 Å². The number of hydrogen-bond donors (Lipinski definition) is 1. The van der Waals surface area contributed by atoms with E-state index in [1.54, 1.807) is 23.1 Å². The van der Waals surface area contributed by atoms with Crippen LogP contribution in [-0.2, 0) is 4.79 Å². The molecule has 0 saturated carbocycles. The average Bonchev–Trinajstić information content (AvgIpc) is 2.55. The Bertz CT molecular complexity index is 771. The number of para-hydroxylation sites is 1. The van der Waals surface area contributed by atoms with Crippen molar-refractivity contribution in [2.75, 3.05) is 23.4 Å². The van der Waals surface area contributed by atoms with E-state index < -0.39 is 0 Å². The summed E-state index contributed by atoms with van der Waals surface area (Å²) >= 11 is 0. The maximum Gasteiger partial charge on any atom is 0.262 e. The highest BCUT2D eigenvalue weighted by Gasteiger charge is 2.25. The summed E-state index contributed by atoms with van der Waals surface area (Å²) in [4.78, 5) is 26.3. The van der Waals surface area contributed by atoms with Crippen molar-refractivity contribution in [2.24, 2.45) is 0 Å². The van der Waals surface area contributed by atoms with Gasteiger partial charge in [0.25, 0.3) is 11.8 Å². The SMILES string of the molecule is CCN(C(=O)c1cccc2c1NC(=O)CO2)c1cccc(C)c1. The molecule has 0 aromatic heterocycles. The summed E-state index contributed by atoms with van der Waals surface area (Å²) in [7, 11) is 0. The number of carbonyl (C=O) groups excluding carboxylic acids is 2. The van der Waals surface area contributed by atoms with Crippen molar-refractivity contribution in [2.45, 2.75) is 13.8 Å². The monoisotopic (exact) mass is 310 g/mol. The number of carbonyl (C=O) groups is 2. The van der Waals surface area contributed by atoms with E-state index in [-0.39, 0.29) is 18.4 Å². The van der Waals surface area contributed by atoms with Crippen LogP contribution in [0.3, 0.4) is 0 Å². The van der Waals surface area contributed by atoms with Crippen LogP contribution in [-0.4, -0.2) is 25.0 Å². The predicted octanol–water partition coefficient (Wildman–Crippen LogP) is 2.99. The molecule has 2 aromatic rings. The number of aryl methyl sites for hydroxylation is 1. The first-order valence-corrected chi connectivity index (χ1v) is 7.54. The number of hydrogen-bond acceptors (Lipinski definition) is 3. The number of benzene rings is 2. The number of fused-ring (bicyclic) bond motifs is 1. The van der Waals surface area contributed by atoms with E-state index >= 15 is 0 Å². The van der Waals surface area contributed by atoms with E-state index in [2.05, 4.69) is 5.32 Å². The second kappa shape index (κ2) is 6.12. The Morgan fingerprint density at radius 2 is 2.04 bits per heavy atom. The third-order valence-electron chi connectivity index (χ3n) is 3.75. The van der Waals surface area contributed by atoms with E-state index in [0.717, 1.165) is 11.3 Å². The molecule has 118 valence electrons. The molecule has 1 heterocycles. The van der Waals surface area contributed by atoms with Crippen LogP contribution in [0.1, 0.15) is 22.8 Å². The maximum atomic E-state index is 13.0. The topological polar surface area (TPSA) is 58.6 Å². The lowest BCUT2D eigenvalue weighted by atomic mass is 10.1. The smallest absolute Gasteiger partial charge is 0.262 e. The fourth-order valence-electron chi connectivity index (χ4n) is 2.66. The van der Waals surface area contributed by atoms with Gasteiger partial charge in [0.1, 0.15) is 5.75 Å². The summed E-state index contributed by atoms with van der Waals surface area (Å²) in [5.41, 5.74) is 2.79. The third-order valence-corrected chi connectivity index (χ3v) is 3.75. The molecule has 1 aliphatic heterocycles. The fraction of sp³-hybridized carbons (Fsp3) is 0.222. The van der Waals surface area contributed by atoms with E-state index in [1.165, 1.54) is 0 Å². The highest BCUT2D eigenvalue weighted by molar-refractivity contribution is 6.13. The van der Waals surface area contributed by atoms with Gasteiger partial charge in [-0.05, 0) is 43.7 Å². The second-order valence-electron chi connectivity index (χ2n) is 5.40. The van der Waals surface area contributed by atoms with Gasteiger partial charge < -0.3 is 15.0 Å². The van der Waals surface area contributed by atoms with Crippen LogP contribution in [0, 0.1) is 6.92 Å². The van der Waals surface area contributed by atoms with Crippen molar-refractivity contribution in [1.82, 2.24) is 0 Å². The number of nitrogens with one attached hydrogen (secondary N) is 1. The van der Waals surface area contributed by atoms with Gasteiger partial charge in [-0.15, -0.1) is 0 Å². The van der Waals surface area contributed by atoms with Crippen molar-refractivity contribution >= 4 is 23.2 Å². The number of rotatable bonds is 3. The zero-order valence-electron chi connectivity index (χ0n) is 13.1. The Hall–Kier alpha value is -2.82. The molecule has 0 saturated heterocycles. The number of ether oxygens (including phenoxy) is 1. The van der Waals surface area contributed by atoms with E-state index in [1.807, 2.05) is 38.1 Å². The summed E-state index contributed by atoms with van der Waals surface area (Å²) in [5.74, 6) is 0.104. The molecule has 3 rings (SSSR count). The average molecular weight is 310 g/mol. The predicted molar refractivity (Wildman–Crippen MR) is 89.1 cm³/mol. The Labute approximate surface area is 134 Å². The lowest BCUT2D eigenvalue weighted by molar-refractivity contribution is -0.118. The van der Waals surface area contributed by atoms with Crippen LogP contribution in [0.4, 0.5) is 11.4 Å². The van der Waals surface area contributed by atoms with Gasteiger partial charge in [0.2, 0.25) is 0 Å². The first-order valence-electron chi connectivity index (χ1n) is 7.54. The number of amides is 2. The normalized spacial score (nSPS) is 12.9.